The molecule has 3 aromatic rings. The molecule has 10 heteroatoms. The number of hydrogen-bond donors (Lipinski definition) is 0. The molecule has 3 rings (SSSR count). The van der Waals surface area contributed by atoms with Crippen LogP contribution in [0.2, 0.25) is 0 Å². The van der Waals surface area contributed by atoms with E-state index in [9.17, 15) is 9.59 Å². The molecule has 154 valence electrons. The summed E-state index contributed by atoms with van der Waals surface area (Å²) in [5.41, 5.74) is 1.57. The third kappa shape index (κ3) is 4.38. The minimum absolute atomic E-state index is 0.219. The largest absolute Gasteiger partial charge is 0.479 e. The summed E-state index contributed by atoms with van der Waals surface area (Å²) in [5, 5.41) is 4.10. The average Bonchev–Trinajstić information content (AvgIpc) is 3.27. The van der Waals surface area contributed by atoms with Crippen molar-refractivity contribution in [2.75, 3.05) is 27.4 Å². The summed E-state index contributed by atoms with van der Waals surface area (Å²) >= 11 is 1.31. The van der Waals surface area contributed by atoms with Crippen LogP contribution >= 0.6 is 11.3 Å². The van der Waals surface area contributed by atoms with Crippen molar-refractivity contribution in [1.29, 1.82) is 0 Å². The van der Waals surface area contributed by atoms with Crippen molar-refractivity contribution in [3.63, 3.8) is 0 Å². The maximum atomic E-state index is 12.8. The lowest BCUT2D eigenvalue weighted by Crippen LogP contribution is -2.19. The summed E-state index contributed by atoms with van der Waals surface area (Å²) in [4.78, 5) is 29.4. The molecule has 2 heterocycles. The Morgan fingerprint density at radius 3 is 2.76 bits per heavy atom. The van der Waals surface area contributed by atoms with Crippen LogP contribution in [0.15, 0.2) is 29.4 Å². The standard InChI is InChI=1S/C19H22N4O5S/c1-5-28-9-8-23-14-7-6-12(18(25)27-4)10-15(14)29-19(23)20-16(24)13-11-22(2)21-17(13)26-3/h6-7,10-11H,5,8-9H2,1-4H3. The third-order valence-corrected chi connectivity index (χ3v) is 5.22. The Kier molecular flexibility index (Phi) is 6.45. The van der Waals surface area contributed by atoms with Gasteiger partial charge in [-0.05, 0) is 25.1 Å². The highest BCUT2D eigenvalue weighted by Crippen LogP contribution is 2.21. The van der Waals surface area contributed by atoms with E-state index in [4.69, 9.17) is 14.2 Å². The van der Waals surface area contributed by atoms with Crippen molar-refractivity contribution in [3.05, 3.63) is 40.3 Å². The van der Waals surface area contributed by atoms with Gasteiger partial charge >= 0.3 is 5.97 Å². The molecule has 0 fully saturated rings. The SMILES string of the molecule is CCOCCn1c(=NC(=O)c2cn(C)nc2OC)sc2cc(C(=O)OC)ccc21. The lowest BCUT2D eigenvalue weighted by molar-refractivity contribution is 0.0600. The van der Waals surface area contributed by atoms with Gasteiger partial charge in [0.25, 0.3) is 5.91 Å². The van der Waals surface area contributed by atoms with Crippen LogP contribution in [0.5, 0.6) is 5.88 Å². The van der Waals surface area contributed by atoms with Crippen molar-refractivity contribution >= 4 is 33.4 Å². The van der Waals surface area contributed by atoms with Gasteiger partial charge in [-0.1, -0.05) is 11.3 Å². The highest BCUT2D eigenvalue weighted by molar-refractivity contribution is 7.16. The topological polar surface area (TPSA) is 96.9 Å². The molecule has 0 aliphatic heterocycles. The van der Waals surface area contributed by atoms with E-state index in [1.165, 1.54) is 30.2 Å². The third-order valence-electron chi connectivity index (χ3n) is 4.18. The molecule has 0 spiro atoms. The Labute approximate surface area is 171 Å². The number of carbonyl (C=O) groups is 2. The van der Waals surface area contributed by atoms with E-state index in [0.717, 1.165) is 10.2 Å². The Morgan fingerprint density at radius 1 is 1.28 bits per heavy atom. The minimum atomic E-state index is -0.458. The van der Waals surface area contributed by atoms with Crippen LogP contribution in [-0.4, -0.2) is 53.7 Å². The molecule has 1 amide bonds. The number of methoxy groups -OCH3 is 2. The number of esters is 1. The molecule has 0 aliphatic carbocycles. The molecular weight excluding hydrogens is 396 g/mol. The molecule has 0 radical (unpaired) electrons. The van der Waals surface area contributed by atoms with Gasteiger partial charge in [0.1, 0.15) is 5.56 Å². The second-order valence-corrected chi connectivity index (χ2v) is 7.06. The quantitative estimate of drug-likeness (QED) is 0.430. The summed E-state index contributed by atoms with van der Waals surface area (Å²) in [5.74, 6) is -0.660. The molecule has 0 bridgehead atoms. The van der Waals surface area contributed by atoms with E-state index in [2.05, 4.69) is 10.1 Å². The number of nitrogens with zero attached hydrogens (tertiary/aromatic N) is 4. The first kappa shape index (κ1) is 20.7. The zero-order chi connectivity index (χ0) is 21.0. The molecule has 2 aromatic heterocycles. The lowest BCUT2D eigenvalue weighted by atomic mass is 10.2. The Balaban J connectivity index is 2.10. The first-order valence-corrected chi connectivity index (χ1v) is 9.76. The number of rotatable bonds is 7. The van der Waals surface area contributed by atoms with Crippen molar-refractivity contribution in [3.8, 4) is 5.88 Å². The van der Waals surface area contributed by atoms with Gasteiger partial charge in [0.2, 0.25) is 5.88 Å². The molecule has 1 aromatic carbocycles. The van der Waals surface area contributed by atoms with Crippen LogP contribution in [0.4, 0.5) is 0 Å². The molecule has 0 saturated carbocycles. The Morgan fingerprint density at radius 2 is 2.07 bits per heavy atom. The summed E-state index contributed by atoms with van der Waals surface area (Å²) in [6.07, 6.45) is 1.57. The van der Waals surface area contributed by atoms with Crippen LogP contribution in [0.25, 0.3) is 10.2 Å². The highest BCUT2D eigenvalue weighted by atomic mass is 32.1. The number of aryl methyl sites for hydroxylation is 1. The van der Waals surface area contributed by atoms with Crippen molar-refractivity contribution in [2.45, 2.75) is 13.5 Å². The van der Waals surface area contributed by atoms with Gasteiger partial charge in [0, 0.05) is 26.4 Å². The Bertz CT molecular complexity index is 1110. The molecule has 0 saturated heterocycles. The predicted molar refractivity (Wildman–Crippen MR) is 107 cm³/mol. The van der Waals surface area contributed by atoms with Crippen LogP contribution in [-0.2, 0) is 23.1 Å². The second kappa shape index (κ2) is 9.01. The number of amides is 1. The van der Waals surface area contributed by atoms with E-state index in [-0.39, 0.29) is 11.4 Å². The van der Waals surface area contributed by atoms with E-state index >= 15 is 0 Å². The minimum Gasteiger partial charge on any atom is -0.479 e. The van der Waals surface area contributed by atoms with Crippen LogP contribution < -0.4 is 9.54 Å². The predicted octanol–water partition coefficient (Wildman–Crippen LogP) is 2.01. The van der Waals surface area contributed by atoms with Crippen LogP contribution in [0.1, 0.15) is 27.6 Å². The van der Waals surface area contributed by atoms with Crippen LogP contribution in [0.3, 0.4) is 0 Å². The fraction of sp³-hybridized carbons (Fsp3) is 0.368. The molecular formula is C19H22N4O5S. The first-order valence-electron chi connectivity index (χ1n) is 8.94. The average molecular weight is 418 g/mol. The Hall–Kier alpha value is -2.98. The lowest BCUT2D eigenvalue weighted by Gasteiger charge is -2.06. The fourth-order valence-corrected chi connectivity index (χ4v) is 3.93. The number of ether oxygens (including phenoxy) is 3. The summed E-state index contributed by atoms with van der Waals surface area (Å²) in [6.45, 7) is 3.50. The van der Waals surface area contributed by atoms with E-state index in [0.29, 0.717) is 30.1 Å². The maximum Gasteiger partial charge on any atom is 0.337 e. The number of thiazole rings is 1. The second-order valence-electron chi connectivity index (χ2n) is 6.05. The highest BCUT2D eigenvalue weighted by Gasteiger charge is 2.17. The zero-order valence-electron chi connectivity index (χ0n) is 16.7. The van der Waals surface area contributed by atoms with Crippen LogP contribution in [0, 0.1) is 0 Å². The van der Waals surface area contributed by atoms with Gasteiger partial charge in [-0.2, -0.15) is 4.99 Å². The number of fused-ring (bicyclic) bond motifs is 1. The number of hydrogen-bond acceptors (Lipinski definition) is 7. The van der Waals surface area contributed by atoms with Gasteiger partial charge in [-0.25, -0.2) is 4.79 Å². The molecule has 9 nitrogen and oxygen atoms in total. The number of carbonyl (C=O) groups excluding carboxylic acids is 2. The maximum absolute atomic E-state index is 12.8. The number of aromatic nitrogens is 3. The number of benzene rings is 1. The summed E-state index contributed by atoms with van der Waals surface area (Å²) in [6, 6.07) is 5.24. The van der Waals surface area contributed by atoms with Gasteiger partial charge in [0.15, 0.2) is 4.80 Å². The smallest absolute Gasteiger partial charge is 0.337 e. The van der Waals surface area contributed by atoms with E-state index < -0.39 is 11.9 Å². The molecule has 29 heavy (non-hydrogen) atoms. The zero-order valence-corrected chi connectivity index (χ0v) is 17.5. The van der Waals surface area contributed by atoms with E-state index in [1.807, 2.05) is 17.6 Å². The first-order chi connectivity index (χ1) is 14.0. The summed E-state index contributed by atoms with van der Waals surface area (Å²) in [7, 11) is 4.49. The van der Waals surface area contributed by atoms with Gasteiger partial charge < -0.3 is 18.8 Å². The van der Waals surface area contributed by atoms with Gasteiger partial charge in [-0.15, -0.1) is 5.10 Å². The monoisotopic (exact) mass is 418 g/mol. The van der Waals surface area contributed by atoms with Crippen molar-refractivity contribution in [2.24, 2.45) is 12.0 Å². The summed E-state index contributed by atoms with van der Waals surface area (Å²) < 4.78 is 19.6. The van der Waals surface area contributed by atoms with Crippen molar-refractivity contribution < 1.29 is 23.8 Å². The fourth-order valence-electron chi connectivity index (χ4n) is 2.83. The van der Waals surface area contributed by atoms with Crippen molar-refractivity contribution in [1.82, 2.24) is 14.3 Å². The normalized spacial score (nSPS) is 11.8. The van der Waals surface area contributed by atoms with Gasteiger partial charge in [0.05, 0.1) is 36.6 Å². The van der Waals surface area contributed by atoms with E-state index in [1.54, 1.807) is 25.4 Å². The molecule has 0 N–H and O–H groups in total. The molecule has 0 unspecified atom stereocenters. The van der Waals surface area contributed by atoms with Gasteiger partial charge in [-0.3, -0.25) is 9.48 Å². The molecule has 0 atom stereocenters. The molecule has 0 aliphatic rings.